The molecule has 1 N–H and O–H groups in total. The van der Waals surface area contributed by atoms with Crippen LogP contribution in [0, 0.1) is 11.8 Å². The molecule has 0 aromatic carbocycles. The Hall–Kier alpha value is -2.11. The van der Waals surface area contributed by atoms with E-state index in [1.54, 1.807) is 6.20 Å². The van der Waals surface area contributed by atoms with Crippen LogP contribution < -0.4 is 4.90 Å². The standard InChI is InChI=1S/C14H18N4O2/c1-9-8-18(7-5-10(9)14(19)20)13-12-11(17(2)16-13)4-3-6-15-12/h3-4,6,9-10H,5,7-8H2,1-2H3,(H,19,20)/t9-,10+/m0/s1. The van der Waals surface area contributed by atoms with Crippen LogP contribution in [-0.4, -0.2) is 38.9 Å². The highest BCUT2D eigenvalue weighted by molar-refractivity contribution is 5.86. The summed E-state index contributed by atoms with van der Waals surface area (Å²) >= 11 is 0. The van der Waals surface area contributed by atoms with Gasteiger partial charge in [0.15, 0.2) is 5.82 Å². The Morgan fingerprint density at radius 1 is 1.50 bits per heavy atom. The summed E-state index contributed by atoms with van der Waals surface area (Å²) in [7, 11) is 1.90. The number of piperidine rings is 1. The average molecular weight is 274 g/mol. The van der Waals surface area contributed by atoms with E-state index >= 15 is 0 Å². The van der Waals surface area contributed by atoms with Crippen LogP contribution in [0.4, 0.5) is 5.82 Å². The van der Waals surface area contributed by atoms with Gasteiger partial charge < -0.3 is 10.0 Å². The molecule has 2 aromatic rings. The van der Waals surface area contributed by atoms with Crippen LogP contribution in [0.15, 0.2) is 18.3 Å². The first kappa shape index (κ1) is 12.9. The second-order valence-electron chi connectivity index (χ2n) is 5.48. The number of aliphatic carboxylic acids is 1. The van der Waals surface area contributed by atoms with E-state index in [1.807, 2.05) is 30.8 Å². The fourth-order valence-electron chi connectivity index (χ4n) is 2.99. The highest BCUT2D eigenvalue weighted by Gasteiger charge is 2.32. The van der Waals surface area contributed by atoms with Gasteiger partial charge in [0, 0.05) is 26.3 Å². The summed E-state index contributed by atoms with van der Waals surface area (Å²) in [5.74, 6) is 0.0242. The largest absolute Gasteiger partial charge is 0.481 e. The molecular weight excluding hydrogens is 256 g/mol. The fraction of sp³-hybridized carbons (Fsp3) is 0.500. The lowest BCUT2D eigenvalue weighted by molar-refractivity contribution is -0.144. The molecule has 1 saturated heterocycles. The number of aromatic nitrogens is 3. The van der Waals surface area contributed by atoms with Crippen LogP contribution in [0.1, 0.15) is 13.3 Å². The van der Waals surface area contributed by atoms with Gasteiger partial charge in [0.05, 0.1) is 11.4 Å². The summed E-state index contributed by atoms with van der Waals surface area (Å²) in [5, 5.41) is 13.7. The van der Waals surface area contributed by atoms with Crippen molar-refractivity contribution in [2.45, 2.75) is 13.3 Å². The molecule has 3 heterocycles. The number of hydrogen-bond donors (Lipinski definition) is 1. The molecule has 2 atom stereocenters. The second-order valence-corrected chi connectivity index (χ2v) is 5.48. The number of anilines is 1. The van der Waals surface area contributed by atoms with Gasteiger partial charge in [-0.15, -0.1) is 0 Å². The van der Waals surface area contributed by atoms with Crippen LogP contribution >= 0.6 is 0 Å². The number of carbonyl (C=O) groups is 1. The number of aryl methyl sites for hydroxylation is 1. The average Bonchev–Trinajstić information content (AvgIpc) is 2.76. The van der Waals surface area contributed by atoms with Gasteiger partial charge in [-0.3, -0.25) is 14.5 Å². The Kier molecular flexibility index (Phi) is 3.08. The lowest BCUT2D eigenvalue weighted by Crippen LogP contribution is -2.42. The number of rotatable bonds is 2. The SMILES string of the molecule is C[C@H]1CN(c2nn(C)c3cccnc23)CC[C@H]1C(=O)O. The van der Waals surface area contributed by atoms with Gasteiger partial charge >= 0.3 is 5.97 Å². The Balaban J connectivity index is 1.92. The zero-order valence-corrected chi connectivity index (χ0v) is 11.7. The van der Waals surface area contributed by atoms with E-state index < -0.39 is 5.97 Å². The third-order valence-corrected chi connectivity index (χ3v) is 4.11. The van der Waals surface area contributed by atoms with Crippen LogP contribution in [0.3, 0.4) is 0 Å². The monoisotopic (exact) mass is 274 g/mol. The van der Waals surface area contributed by atoms with Crippen LogP contribution in [0.5, 0.6) is 0 Å². The number of nitrogens with zero attached hydrogens (tertiary/aromatic N) is 4. The Labute approximate surface area is 117 Å². The van der Waals surface area contributed by atoms with E-state index in [-0.39, 0.29) is 11.8 Å². The van der Waals surface area contributed by atoms with Gasteiger partial charge in [0.1, 0.15) is 5.52 Å². The molecule has 0 unspecified atom stereocenters. The number of hydrogen-bond acceptors (Lipinski definition) is 4. The number of fused-ring (bicyclic) bond motifs is 1. The van der Waals surface area contributed by atoms with Crippen molar-refractivity contribution in [2.75, 3.05) is 18.0 Å². The molecule has 3 rings (SSSR count). The third-order valence-electron chi connectivity index (χ3n) is 4.11. The van der Waals surface area contributed by atoms with E-state index in [4.69, 9.17) is 0 Å². The summed E-state index contributed by atoms with van der Waals surface area (Å²) in [5.41, 5.74) is 1.88. The lowest BCUT2D eigenvalue weighted by atomic mass is 9.87. The highest BCUT2D eigenvalue weighted by Crippen LogP contribution is 2.30. The topological polar surface area (TPSA) is 71.2 Å². The zero-order chi connectivity index (χ0) is 14.3. The predicted octanol–water partition coefficient (Wildman–Crippen LogP) is 1.52. The molecule has 0 amide bonds. The molecule has 0 saturated carbocycles. The molecule has 6 nitrogen and oxygen atoms in total. The second kappa shape index (κ2) is 4.77. The summed E-state index contributed by atoms with van der Waals surface area (Å²) in [6, 6.07) is 3.89. The number of carboxylic acid groups (broad SMARTS) is 1. The lowest BCUT2D eigenvalue weighted by Gasteiger charge is -2.35. The Bertz CT molecular complexity index is 652. The molecule has 0 radical (unpaired) electrons. The van der Waals surface area contributed by atoms with Gasteiger partial charge in [0.25, 0.3) is 0 Å². The fourth-order valence-corrected chi connectivity index (χ4v) is 2.99. The normalized spacial score (nSPS) is 23.2. The first-order valence-electron chi connectivity index (χ1n) is 6.83. The summed E-state index contributed by atoms with van der Waals surface area (Å²) in [6.45, 7) is 3.41. The van der Waals surface area contributed by atoms with Crippen molar-refractivity contribution in [2.24, 2.45) is 18.9 Å². The molecule has 0 bridgehead atoms. The zero-order valence-electron chi connectivity index (χ0n) is 11.7. The summed E-state index contributed by atoms with van der Waals surface area (Å²) in [6.07, 6.45) is 2.42. The molecule has 2 aromatic heterocycles. The Morgan fingerprint density at radius 3 is 3.00 bits per heavy atom. The molecule has 0 aliphatic carbocycles. The van der Waals surface area contributed by atoms with Gasteiger partial charge in [-0.2, -0.15) is 5.10 Å². The predicted molar refractivity (Wildman–Crippen MR) is 75.6 cm³/mol. The van der Waals surface area contributed by atoms with Crippen molar-refractivity contribution in [3.05, 3.63) is 18.3 Å². The van der Waals surface area contributed by atoms with Crippen LogP contribution in [-0.2, 0) is 11.8 Å². The minimum atomic E-state index is -0.693. The molecule has 1 aliphatic heterocycles. The number of carboxylic acids is 1. The molecule has 1 fully saturated rings. The van der Waals surface area contributed by atoms with Crippen LogP contribution in [0.2, 0.25) is 0 Å². The minimum Gasteiger partial charge on any atom is -0.481 e. The van der Waals surface area contributed by atoms with Gasteiger partial charge in [0.2, 0.25) is 0 Å². The molecule has 106 valence electrons. The van der Waals surface area contributed by atoms with Gasteiger partial charge in [-0.1, -0.05) is 6.92 Å². The Morgan fingerprint density at radius 2 is 2.30 bits per heavy atom. The molecule has 1 aliphatic rings. The van der Waals surface area contributed by atoms with Crippen molar-refractivity contribution in [3.63, 3.8) is 0 Å². The van der Waals surface area contributed by atoms with Crippen molar-refractivity contribution in [3.8, 4) is 0 Å². The first-order chi connectivity index (χ1) is 9.58. The maximum absolute atomic E-state index is 11.2. The van der Waals surface area contributed by atoms with E-state index in [0.29, 0.717) is 19.5 Å². The molecule has 20 heavy (non-hydrogen) atoms. The summed E-state index contributed by atoms with van der Waals surface area (Å²) in [4.78, 5) is 17.7. The highest BCUT2D eigenvalue weighted by atomic mass is 16.4. The maximum Gasteiger partial charge on any atom is 0.306 e. The third kappa shape index (κ3) is 2.01. The van der Waals surface area contributed by atoms with Crippen molar-refractivity contribution in [1.82, 2.24) is 14.8 Å². The van der Waals surface area contributed by atoms with Crippen LogP contribution in [0.25, 0.3) is 11.0 Å². The van der Waals surface area contributed by atoms with Gasteiger partial charge in [-0.25, -0.2) is 0 Å². The number of pyridine rings is 1. The van der Waals surface area contributed by atoms with E-state index in [9.17, 15) is 9.90 Å². The van der Waals surface area contributed by atoms with E-state index in [2.05, 4.69) is 15.0 Å². The first-order valence-corrected chi connectivity index (χ1v) is 6.83. The molecule has 0 spiro atoms. The summed E-state index contributed by atoms with van der Waals surface area (Å²) < 4.78 is 1.83. The molecule has 6 heteroatoms. The van der Waals surface area contributed by atoms with E-state index in [0.717, 1.165) is 16.9 Å². The van der Waals surface area contributed by atoms with E-state index in [1.165, 1.54) is 0 Å². The van der Waals surface area contributed by atoms with Crippen molar-refractivity contribution in [1.29, 1.82) is 0 Å². The van der Waals surface area contributed by atoms with Crippen molar-refractivity contribution >= 4 is 22.8 Å². The molecular formula is C14H18N4O2. The smallest absolute Gasteiger partial charge is 0.306 e. The minimum absolute atomic E-state index is 0.113. The van der Waals surface area contributed by atoms with Gasteiger partial charge in [-0.05, 0) is 24.5 Å². The van der Waals surface area contributed by atoms with Crippen molar-refractivity contribution < 1.29 is 9.90 Å². The quantitative estimate of drug-likeness (QED) is 0.899. The maximum atomic E-state index is 11.2.